The van der Waals surface area contributed by atoms with Crippen LogP contribution in [0.1, 0.15) is 25.0 Å². The maximum Gasteiger partial charge on any atom is 0.462 e. The van der Waals surface area contributed by atoms with Crippen LogP contribution >= 0.6 is 18.3 Å². The first kappa shape index (κ1) is 16.1. The summed E-state index contributed by atoms with van der Waals surface area (Å²) in [5.41, 5.74) is 2.19. The molecule has 0 bridgehead atoms. The van der Waals surface area contributed by atoms with E-state index in [9.17, 15) is 0 Å². The van der Waals surface area contributed by atoms with Gasteiger partial charge in [0.1, 0.15) is 0 Å². The average Bonchev–Trinajstić information content (AvgIpc) is 2.44. The summed E-state index contributed by atoms with van der Waals surface area (Å²) in [6.07, 6.45) is 0. The van der Waals surface area contributed by atoms with Crippen LogP contribution in [0.25, 0.3) is 0 Å². The highest BCUT2D eigenvalue weighted by atomic mass is 35.7. The number of benzene rings is 2. The predicted molar refractivity (Wildman–Crippen MR) is 91.5 cm³/mol. The van der Waals surface area contributed by atoms with Crippen molar-refractivity contribution in [3.63, 3.8) is 0 Å². The minimum atomic E-state index is -2.57. The largest absolute Gasteiger partial charge is 0.462 e. The molecule has 0 aromatic heterocycles. The van der Waals surface area contributed by atoms with Gasteiger partial charge in [0.05, 0.1) is 0 Å². The van der Waals surface area contributed by atoms with Gasteiger partial charge >= 0.3 is 7.07 Å². The highest BCUT2D eigenvalue weighted by Gasteiger charge is 2.49. The molecular weight excluding hydrogens is 303 g/mol. The molecular formula is C17H21ClO2P+. The highest BCUT2D eigenvalue weighted by Crippen LogP contribution is 2.68. The molecule has 2 aromatic rings. The van der Waals surface area contributed by atoms with Crippen molar-refractivity contribution in [3.8, 4) is 11.5 Å². The quantitative estimate of drug-likeness (QED) is 0.612. The number of hydrogen-bond donors (Lipinski definition) is 0. The molecule has 0 saturated carbocycles. The van der Waals surface area contributed by atoms with Crippen LogP contribution in [0, 0.1) is 13.8 Å². The molecule has 2 rings (SSSR count). The molecule has 0 saturated heterocycles. The van der Waals surface area contributed by atoms with E-state index >= 15 is 0 Å². The molecule has 0 aliphatic heterocycles. The summed E-state index contributed by atoms with van der Waals surface area (Å²) < 4.78 is 12.2. The Balaban J connectivity index is 2.29. The zero-order valence-electron chi connectivity index (χ0n) is 12.8. The minimum Gasteiger partial charge on any atom is -0.290 e. The van der Waals surface area contributed by atoms with E-state index in [1.807, 2.05) is 76.2 Å². The fourth-order valence-electron chi connectivity index (χ4n) is 1.82. The van der Waals surface area contributed by atoms with Crippen molar-refractivity contribution in [2.24, 2.45) is 0 Å². The summed E-state index contributed by atoms with van der Waals surface area (Å²) >= 11 is 6.75. The summed E-state index contributed by atoms with van der Waals surface area (Å²) in [7, 11) is -2.57. The van der Waals surface area contributed by atoms with Gasteiger partial charge in [0, 0.05) is 0 Å². The smallest absolute Gasteiger partial charge is 0.290 e. The van der Waals surface area contributed by atoms with Gasteiger partial charge in [-0.15, -0.1) is 0 Å². The average molecular weight is 324 g/mol. The van der Waals surface area contributed by atoms with Gasteiger partial charge in [-0.2, -0.15) is 0 Å². The summed E-state index contributed by atoms with van der Waals surface area (Å²) in [6, 6.07) is 15.7. The molecule has 2 aromatic carbocycles. The summed E-state index contributed by atoms with van der Waals surface area (Å²) in [5.74, 6) is 1.56. The lowest BCUT2D eigenvalue weighted by Gasteiger charge is -2.22. The molecule has 0 radical (unpaired) electrons. The van der Waals surface area contributed by atoms with Crippen molar-refractivity contribution in [3.05, 3.63) is 59.7 Å². The Morgan fingerprint density at radius 1 is 0.810 bits per heavy atom. The third-order valence-corrected chi connectivity index (χ3v) is 6.96. The SMILES string of the molecule is Cc1ccccc1O[P+](Cl)(Oc1ccccc1C)C(C)C. The zero-order chi connectivity index (χ0) is 15.5. The van der Waals surface area contributed by atoms with E-state index in [1.165, 1.54) is 0 Å². The van der Waals surface area contributed by atoms with Crippen LogP contribution in [-0.2, 0) is 0 Å². The van der Waals surface area contributed by atoms with Gasteiger partial charge in [0.25, 0.3) is 0 Å². The van der Waals surface area contributed by atoms with Gasteiger partial charge in [-0.3, -0.25) is 9.05 Å². The maximum absolute atomic E-state index is 6.75. The van der Waals surface area contributed by atoms with E-state index in [2.05, 4.69) is 0 Å². The lowest BCUT2D eigenvalue weighted by Crippen LogP contribution is -2.13. The van der Waals surface area contributed by atoms with Gasteiger partial charge in [0.2, 0.25) is 0 Å². The third-order valence-electron chi connectivity index (χ3n) is 3.25. The Morgan fingerprint density at radius 3 is 1.52 bits per heavy atom. The summed E-state index contributed by atoms with van der Waals surface area (Å²) in [5, 5.41) is 0. The van der Waals surface area contributed by atoms with Crippen molar-refractivity contribution in [2.45, 2.75) is 33.4 Å². The van der Waals surface area contributed by atoms with Crippen molar-refractivity contribution in [2.75, 3.05) is 0 Å². The van der Waals surface area contributed by atoms with E-state index < -0.39 is 7.07 Å². The Morgan fingerprint density at radius 2 is 1.19 bits per heavy atom. The van der Waals surface area contributed by atoms with Crippen molar-refractivity contribution in [1.29, 1.82) is 0 Å². The molecule has 0 N–H and O–H groups in total. The lowest BCUT2D eigenvalue weighted by atomic mass is 10.2. The Bertz CT molecular complexity index is 566. The van der Waals surface area contributed by atoms with E-state index in [1.54, 1.807) is 0 Å². The van der Waals surface area contributed by atoms with Crippen LogP contribution in [0.2, 0.25) is 0 Å². The summed E-state index contributed by atoms with van der Waals surface area (Å²) in [6.45, 7) is 8.06. The van der Waals surface area contributed by atoms with Gasteiger partial charge in [0.15, 0.2) is 28.4 Å². The normalized spacial score (nSPS) is 11.5. The standard InChI is InChI=1S/C17H21ClO2P/c1-13(2)21(18,19-16-11-7-5-9-14(16)3)20-17-12-8-6-10-15(17)4/h5-13H,1-4H3/q+1. The monoisotopic (exact) mass is 323 g/mol. The van der Waals surface area contributed by atoms with Crippen molar-refractivity contribution in [1.82, 2.24) is 0 Å². The Labute approximate surface area is 132 Å². The number of para-hydroxylation sites is 2. The summed E-state index contributed by atoms with van der Waals surface area (Å²) in [4.78, 5) is 0. The molecule has 0 atom stereocenters. The number of aryl methyl sites for hydroxylation is 2. The van der Waals surface area contributed by atoms with Crippen LogP contribution in [0.15, 0.2) is 48.5 Å². The second-order valence-corrected chi connectivity index (χ2v) is 9.18. The maximum atomic E-state index is 6.75. The molecule has 0 aliphatic rings. The number of rotatable bonds is 5. The first-order valence-corrected chi connectivity index (χ1v) is 9.61. The topological polar surface area (TPSA) is 18.5 Å². The molecule has 2 nitrogen and oxygen atoms in total. The van der Waals surface area contributed by atoms with Crippen molar-refractivity contribution < 1.29 is 9.05 Å². The van der Waals surface area contributed by atoms with Crippen molar-refractivity contribution >= 4 is 18.3 Å². The minimum absolute atomic E-state index is 0.0818. The van der Waals surface area contributed by atoms with E-state index in [-0.39, 0.29) is 5.66 Å². The Hall–Kier alpha value is -1.24. The molecule has 4 heteroatoms. The van der Waals surface area contributed by atoms with Gasteiger partial charge in [-0.05, 0) is 51.0 Å². The third kappa shape index (κ3) is 3.90. The van der Waals surface area contributed by atoms with Crippen LogP contribution in [0.4, 0.5) is 0 Å². The van der Waals surface area contributed by atoms with Crippen LogP contribution in [0.5, 0.6) is 11.5 Å². The second kappa shape index (κ2) is 6.68. The lowest BCUT2D eigenvalue weighted by molar-refractivity contribution is 0.466. The van der Waals surface area contributed by atoms with E-state index in [0.717, 1.165) is 22.6 Å². The molecule has 21 heavy (non-hydrogen) atoms. The Kier molecular flexibility index (Phi) is 5.13. The van der Waals surface area contributed by atoms with Gasteiger partial charge < -0.3 is 0 Å². The second-order valence-electron chi connectivity index (χ2n) is 5.33. The zero-order valence-corrected chi connectivity index (χ0v) is 14.5. The van der Waals surface area contributed by atoms with Gasteiger partial charge in [-0.25, -0.2) is 0 Å². The molecule has 112 valence electrons. The fourth-order valence-corrected chi connectivity index (χ4v) is 3.67. The molecule has 0 heterocycles. The first-order valence-electron chi connectivity index (χ1n) is 7.01. The number of halogens is 1. The molecule has 0 fully saturated rings. The predicted octanol–water partition coefficient (Wildman–Crippen LogP) is 6.17. The first-order chi connectivity index (χ1) is 9.92. The molecule has 0 amide bonds. The molecule has 0 unspecified atom stereocenters. The fraction of sp³-hybridized carbons (Fsp3) is 0.294. The van der Waals surface area contributed by atoms with Gasteiger partial charge in [-0.1, -0.05) is 36.4 Å². The molecule has 0 spiro atoms. The van der Waals surface area contributed by atoms with E-state index in [4.69, 9.17) is 20.3 Å². The highest BCUT2D eigenvalue weighted by molar-refractivity contribution is 7.92. The van der Waals surface area contributed by atoms with Crippen LogP contribution < -0.4 is 9.05 Å². The van der Waals surface area contributed by atoms with E-state index in [0.29, 0.717) is 0 Å². The van der Waals surface area contributed by atoms with Crippen LogP contribution in [0.3, 0.4) is 0 Å². The number of hydrogen-bond acceptors (Lipinski definition) is 2. The molecule has 0 aliphatic carbocycles. The van der Waals surface area contributed by atoms with Crippen LogP contribution in [-0.4, -0.2) is 5.66 Å².